The standard InChI is InChI=1S/C29H40N2O7/c1-3-4-14-36-15-8-13-30-26(32)17-22-18-29(28(34)35-2)12-7-5-6-9-25(29)31(27(22)33)19-21-10-11-23-24(16-21)38-20-37-23/h9-11,16,22H,3-8,12-15,17-20H2,1-2H3,(H,30,32)/t22-,29+/m1/s1. The molecule has 1 N–H and O–H groups in total. The zero-order valence-electron chi connectivity index (χ0n) is 22.6. The van der Waals surface area contributed by atoms with Crippen molar-refractivity contribution < 1.29 is 33.3 Å². The Morgan fingerprint density at radius 3 is 2.79 bits per heavy atom. The molecular formula is C29H40N2O7. The lowest BCUT2D eigenvalue weighted by atomic mass is 9.69. The van der Waals surface area contributed by atoms with Crippen molar-refractivity contribution in [1.29, 1.82) is 0 Å². The molecule has 2 amide bonds. The van der Waals surface area contributed by atoms with E-state index in [0.29, 0.717) is 43.2 Å². The molecule has 2 atom stereocenters. The Bertz CT molecular complexity index is 1040. The number of allylic oxidation sites excluding steroid dienone is 1. The maximum Gasteiger partial charge on any atom is 0.317 e. The quantitative estimate of drug-likeness (QED) is 0.322. The Balaban J connectivity index is 1.51. The number of nitrogens with zero attached hydrogens (tertiary/aromatic N) is 1. The Hall–Kier alpha value is -3.07. The molecule has 0 unspecified atom stereocenters. The molecule has 0 spiro atoms. The fraction of sp³-hybridized carbons (Fsp3) is 0.621. The summed E-state index contributed by atoms with van der Waals surface area (Å²) in [5, 5.41) is 2.92. The van der Waals surface area contributed by atoms with Crippen LogP contribution in [0.4, 0.5) is 0 Å². The molecule has 1 aromatic carbocycles. The van der Waals surface area contributed by atoms with Crippen LogP contribution in [0, 0.1) is 11.3 Å². The van der Waals surface area contributed by atoms with Gasteiger partial charge < -0.3 is 29.2 Å². The van der Waals surface area contributed by atoms with Gasteiger partial charge in [-0.2, -0.15) is 0 Å². The second kappa shape index (κ2) is 13.1. The number of piperidine rings is 1. The second-order valence-corrected chi connectivity index (χ2v) is 10.3. The summed E-state index contributed by atoms with van der Waals surface area (Å²) in [6.45, 7) is 4.36. The van der Waals surface area contributed by atoms with Crippen LogP contribution in [0.5, 0.6) is 11.5 Å². The molecule has 0 bridgehead atoms. The molecule has 9 nitrogen and oxygen atoms in total. The maximum atomic E-state index is 13.9. The molecule has 2 heterocycles. The summed E-state index contributed by atoms with van der Waals surface area (Å²) < 4.78 is 21.8. The van der Waals surface area contributed by atoms with Gasteiger partial charge in [0.25, 0.3) is 0 Å². The van der Waals surface area contributed by atoms with Crippen molar-refractivity contribution in [3.8, 4) is 11.5 Å². The molecule has 3 aliphatic rings. The summed E-state index contributed by atoms with van der Waals surface area (Å²) in [5.41, 5.74) is 0.609. The summed E-state index contributed by atoms with van der Waals surface area (Å²) in [6, 6.07) is 5.60. The number of hydrogen-bond acceptors (Lipinski definition) is 7. The number of methoxy groups -OCH3 is 1. The van der Waals surface area contributed by atoms with E-state index >= 15 is 0 Å². The van der Waals surface area contributed by atoms with Crippen molar-refractivity contribution in [3.05, 3.63) is 35.5 Å². The minimum atomic E-state index is -0.951. The summed E-state index contributed by atoms with van der Waals surface area (Å²) in [4.78, 5) is 41.8. The fourth-order valence-corrected chi connectivity index (χ4v) is 5.63. The molecule has 1 aliphatic carbocycles. The molecular weight excluding hydrogens is 488 g/mol. The maximum absolute atomic E-state index is 13.9. The van der Waals surface area contributed by atoms with Gasteiger partial charge in [-0.05, 0) is 56.2 Å². The molecule has 1 aromatic rings. The summed E-state index contributed by atoms with van der Waals surface area (Å²) >= 11 is 0. The highest BCUT2D eigenvalue weighted by Gasteiger charge is 2.53. The van der Waals surface area contributed by atoms with Crippen LogP contribution < -0.4 is 14.8 Å². The Morgan fingerprint density at radius 1 is 1.16 bits per heavy atom. The number of carbonyl (C=O) groups excluding carboxylic acids is 3. The predicted molar refractivity (Wildman–Crippen MR) is 140 cm³/mol. The molecule has 0 aromatic heterocycles. The number of amides is 2. The molecule has 0 radical (unpaired) electrons. The molecule has 2 aliphatic heterocycles. The second-order valence-electron chi connectivity index (χ2n) is 10.3. The minimum absolute atomic E-state index is 0.0270. The number of nitrogens with one attached hydrogen (secondary N) is 1. The number of fused-ring (bicyclic) bond motifs is 2. The number of carbonyl (C=O) groups is 3. The highest BCUT2D eigenvalue weighted by Crippen LogP contribution is 2.50. The molecule has 208 valence electrons. The third-order valence-electron chi connectivity index (χ3n) is 7.60. The molecule has 38 heavy (non-hydrogen) atoms. The Labute approximate surface area is 224 Å². The van der Waals surface area contributed by atoms with E-state index in [4.69, 9.17) is 18.9 Å². The van der Waals surface area contributed by atoms with Gasteiger partial charge in [-0.1, -0.05) is 31.9 Å². The lowest BCUT2D eigenvalue weighted by molar-refractivity contribution is -0.160. The van der Waals surface area contributed by atoms with Crippen LogP contribution in [0.1, 0.15) is 70.3 Å². The van der Waals surface area contributed by atoms with Gasteiger partial charge in [0.05, 0.1) is 13.7 Å². The predicted octanol–water partition coefficient (Wildman–Crippen LogP) is 4.09. The topological polar surface area (TPSA) is 103 Å². The number of rotatable bonds is 12. The number of ether oxygens (including phenoxy) is 4. The first kappa shape index (κ1) is 28.0. The number of esters is 1. The van der Waals surface area contributed by atoms with Crippen molar-refractivity contribution in [1.82, 2.24) is 10.2 Å². The zero-order chi connectivity index (χ0) is 27.0. The van der Waals surface area contributed by atoms with E-state index in [1.54, 1.807) is 4.90 Å². The number of hydrogen-bond donors (Lipinski definition) is 1. The van der Waals surface area contributed by atoms with Crippen molar-refractivity contribution in [2.75, 3.05) is 33.7 Å². The third-order valence-corrected chi connectivity index (χ3v) is 7.60. The van der Waals surface area contributed by atoms with E-state index in [-0.39, 0.29) is 44.0 Å². The van der Waals surface area contributed by atoms with Crippen LogP contribution in [0.3, 0.4) is 0 Å². The van der Waals surface area contributed by atoms with E-state index in [1.165, 1.54) is 7.11 Å². The summed E-state index contributed by atoms with van der Waals surface area (Å²) in [6.07, 6.45) is 8.28. The largest absolute Gasteiger partial charge is 0.468 e. The normalized spacial score (nSPS) is 22.4. The zero-order valence-corrected chi connectivity index (χ0v) is 22.6. The van der Waals surface area contributed by atoms with Crippen LogP contribution in [0.15, 0.2) is 30.0 Å². The minimum Gasteiger partial charge on any atom is -0.468 e. The first-order chi connectivity index (χ1) is 18.5. The molecule has 1 fully saturated rings. The van der Waals surface area contributed by atoms with Gasteiger partial charge in [0, 0.05) is 37.8 Å². The van der Waals surface area contributed by atoms with Crippen molar-refractivity contribution >= 4 is 17.8 Å². The van der Waals surface area contributed by atoms with Crippen LogP contribution in [-0.2, 0) is 30.4 Å². The molecule has 1 saturated heterocycles. The van der Waals surface area contributed by atoms with Crippen molar-refractivity contribution in [2.24, 2.45) is 11.3 Å². The lowest BCUT2D eigenvalue weighted by Gasteiger charge is -2.46. The van der Waals surface area contributed by atoms with E-state index in [2.05, 4.69) is 12.2 Å². The molecule has 0 saturated carbocycles. The highest BCUT2D eigenvalue weighted by atomic mass is 16.7. The van der Waals surface area contributed by atoms with Crippen LogP contribution >= 0.6 is 0 Å². The van der Waals surface area contributed by atoms with Gasteiger partial charge in [-0.3, -0.25) is 14.4 Å². The number of benzene rings is 1. The van der Waals surface area contributed by atoms with Crippen LogP contribution in [0.2, 0.25) is 0 Å². The average Bonchev–Trinajstić information content (AvgIpc) is 3.28. The first-order valence-corrected chi connectivity index (χ1v) is 13.8. The highest BCUT2D eigenvalue weighted by molar-refractivity contribution is 5.92. The van der Waals surface area contributed by atoms with E-state index in [0.717, 1.165) is 44.3 Å². The number of unbranched alkanes of at least 4 members (excludes halogenated alkanes) is 1. The van der Waals surface area contributed by atoms with E-state index in [9.17, 15) is 14.4 Å². The third kappa shape index (κ3) is 6.31. The first-order valence-electron chi connectivity index (χ1n) is 13.8. The van der Waals surface area contributed by atoms with Crippen LogP contribution in [0.25, 0.3) is 0 Å². The van der Waals surface area contributed by atoms with Gasteiger partial charge in [-0.25, -0.2) is 0 Å². The van der Waals surface area contributed by atoms with Crippen molar-refractivity contribution in [3.63, 3.8) is 0 Å². The molecule has 9 heteroatoms. The van der Waals surface area contributed by atoms with E-state index < -0.39 is 11.3 Å². The number of likely N-dealkylation sites (tertiary alicyclic amines) is 1. The van der Waals surface area contributed by atoms with Gasteiger partial charge in [0.15, 0.2) is 11.5 Å². The average molecular weight is 529 g/mol. The van der Waals surface area contributed by atoms with E-state index in [1.807, 2.05) is 24.3 Å². The van der Waals surface area contributed by atoms with Crippen LogP contribution in [-0.4, -0.2) is 56.3 Å². The smallest absolute Gasteiger partial charge is 0.317 e. The monoisotopic (exact) mass is 528 g/mol. The van der Waals surface area contributed by atoms with Gasteiger partial charge >= 0.3 is 5.97 Å². The molecule has 4 rings (SSSR count). The SMILES string of the molecule is CCCCOCCCNC(=O)C[C@@H]1C[C@@]2(C(=O)OC)CCCCC=C2N(Cc2ccc3c(c2)OCO3)C1=O. The van der Waals surface area contributed by atoms with Gasteiger partial charge in [0.2, 0.25) is 18.6 Å². The fourth-order valence-electron chi connectivity index (χ4n) is 5.63. The summed E-state index contributed by atoms with van der Waals surface area (Å²) in [7, 11) is 1.39. The van der Waals surface area contributed by atoms with Crippen molar-refractivity contribution in [2.45, 2.75) is 71.3 Å². The lowest BCUT2D eigenvalue weighted by Crippen LogP contribution is -2.53. The Morgan fingerprint density at radius 2 is 1.97 bits per heavy atom. The summed E-state index contributed by atoms with van der Waals surface area (Å²) in [5.74, 6) is -0.00528. The Kier molecular flexibility index (Phi) is 9.66. The van der Waals surface area contributed by atoms with Gasteiger partial charge in [0.1, 0.15) is 5.41 Å². The van der Waals surface area contributed by atoms with Gasteiger partial charge in [-0.15, -0.1) is 0 Å².